The van der Waals surface area contributed by atoms with Gasteiger partial charge < -0.3 is 9.15 Å². The standard InChI is InChI=1S/C20H19Cl2NO4/c1-12-7-13(2)9-15(8-12)26-6-4-3-5-23-18-16(19(24)27-20(23)25)10-14(21)11-17(18)22/h7-11H,3-6H2,1-2H3. The van der Waals surface area contributed by atoms with E-state index in [0.29, 0.717) is 30.1 Å². The lowest BCUT2D eigenvalue weighted by molar-refractivity contribution is 0.300. The van der Waals surface area contributed by atoms with E-state index in [1.54, 1.807) is 0 Å². The van der Waals surface area contributed by atoms with Crippen LogP contribution in [0.1, 0.15) is 24.0 Å². The normalized spacial score (nSPS) is 11.1. The monoisotopic (exact) mass is 407 g/mol. The summed E-state index contributed by atoms with van der Waals surface area (Å²) in [7, 11) is 0. The molecule has 0 fully saturated rings. The molecule has 142 valence electrons. The molecule has 1 aromatic heterocycles. The van der Waals surface area contributed by atoms with Crippen molar-refractivity contribution in [1.29, 1.82) is 0 Å². The number of nitrogens with zero attached hydrogens (tertiary/aromatic N) is 1. The number of aromatic nitrogens is 1. The molecule has 2 aromatic carbocycles. The molecule has 0 unspecified atom stereocenters. The Hall–Kier alpha value is -2.24. The molecule has 0 saturated carbocycles. The summed E-state index contributed by atoms with van der Waals surface area (Å²) in [6.07, 6.45) is 1.39. The summed E-state index contributed by atoms with van der Waals surface area (Å²) >= 11 is 12.2. The second kappa shape index (κ2) is 8.19. The highest BCUT2D eigenvalue weighted by Gasteiger charge is 2.13. The van der Waals surface area contributed by atoms with E-state index in [-0.39, 0.29) is 10.4 Å². The maximum Gasteiger partial charge on any atom is 0.422 e. The second-order valence-corrected chi connectivity index (χ2v) is 7.31. The third-order valence-electron chi connectivity index (χ3n) is 4.16. The first-order valence-corrected chi connectivity index (χ1v) is 9.34. The highest BCUT2D eigenvalue weighted by Crippen LogP contribution is 2.25. The van der Waals surface area contributed by atoms with Crippen LogP contribution in [0.25, 0.3) is 10.9 Å². The van der Waals surface area contributed by atoms with E-state index in [1.165, 1.54) is 16.7 Å². The van der Waals surface area contributed by atoms with Gasteiger partial charge in [-0.2, -0.15) is 0 Å². The molecule has 7 heteroatoms. The van der Waals surface area contributed by atoms with Gasteiger partial charge in [0, 0.05) is 11.6 Å². The summed E-state index contributed by atoms with van der Waals surface area (Å²) in [4.78, 5) is 24.1. The van der Waals surface area contributed by atoms with E-state index in [0.717, 1.165) is 23.3 Å². The summed E-state index contributed by atoms with van der Waals surface area (Å²) in [5.41, 5.74) is 1.90. The molecule has 0 aliphatic heterocycles. The van der Waals surface area contributed by atoms with Crippen molar-refractivity contribution in [2.24, 2.45) is 0 Å². The van der Waals surface area contributed by atoms with Crippen molar-refractivity contribution in [3.63, 3.8) is 0 Å². The smallest absolute Gasteiger partial charge is 0.422 e. The van der Waals surface area contributed by atoms with Crippen LogP contribution >= 0.6 is 23.2 Å². The topological polar surface area (TPSA) is 61.4 Å². The molecule has 5 nitrogen and oxygen atoms in total. The zero-order valence-electron chi connectivity index (χ0n) is 15.1. The Morgan fingerprint density at radius 3 is 2.41 bits per heavy atom. The molecule has 3 rings (SSSR count). The van der Waals surface area contributed by atoms with E-state index in [1.807, 2.05) is 26.0 Å². The molecule has 0 atom stereocenters. The Morgan fingerprint density at radius 2 is 1.70 bits per heavy atom. The quantitative estimate of drug-likeness (QED) is 0.553. The van der Waals surface area contributed by atoms with Crippen molar-refractivity contribution < 1.29 is 9.15 Å². The number of ether oxygens (including phenoxy) is 1. The van der Waals surface area contributed by atoms with Gasteiger partial charge in [-0.05, 0) is 62.1 Å². The van der Waals surface area contributed by atoms with E-state index in [9.17, 15) is 9.59 Å². The number of unbranched alkanes of at least 4 members (excludes halogenated alkanes) is 1. The van der Waals surface area contributed by atoms with Crippen molar-refractivity contribution in [2.45, 2.75) is 33.2 Å². The minimum atomic E-state index is -0.742. The second-order valence-electron chi connectivity index (χ2n) is 6.47. The Morgan fingerprint density at radius 1 is 1.00 bits per heavy atom. The summed E-state index contributed by atoms with van der Waals surface area (Å²) in [6.45, 7) is 4.93. The van der Waals surface area contributed by atoms with Crippen LogP contribution in [0.5, 0.6) is 5.75 Å². The maximum atomic E-state index is 12.1. The van der Waals surface area contributed by atoms with Crippen LogP contribution in [0.2, 0.25) is 10.0 Å². The average Bonchev–Trinajstić information content (AvgIpc) is 2.56. The lowest BCUT2D eigenvalue weighted by Crippen LogP contribution is -2.25. The molecule has 0 radical (unpaired) electrons. The third kappa shape index (κ3) is 4.54. The Labute approximate surface area is 166 Å². The van der Waals surface area contributed by atoms with Crippen molar-refractivity contribution >= 4 is 34.1 Å². The van der Waals surface area contributed by atoms with Gasteiger partial charge in [-0.1, -0.05) is 29.3 Å². The van der Waals surface area contributed by atoms with Crippen LogP contribution in [0.3, 0.4) is 0 Å². The molecule has 0 spiro atoms. The van der Waals surface area contributed by atoms with Gasteiger partial charge >= 0.3 is 11.4 Å². The van der Waals surface area contributed by atoms with Crippen LogP contribution in [0.15, 0.2) is 44.3 Å². The number of fused-ring (bicyclic) bond motifs is 1. The summed E-state index contributed by atoms with van der Waals surface area (Å²) in [6, 6.07) is 9.02. The molecule has 0 saturated heterocycles. The number of aryl methyl sites for hydroxylation is 3. The number of benzene rings is 2. The molecule has 1 heterocycles. The molecule has 0 N–H and O–H groups in total. The average molecular weight is 408 g/mol. The number of hydrogen-bond acceptors (Lipinski definition) is 4. The molecule has 3 aromatic rings. The first-order chi connectivity index (χ1) is 12.8. The highest BCUT2D eigenvalue weighted by atomic mass is 35.5. The summed E-state index contributed by atoms with van der Waals surface area (Å²) in [5, 5.41) is 0.749. The Balaban J connectivity index is 1.70. The fourth-order valence-electron chi connectivity index (χ4n) is 3.06. The fraction of sp³-hybridized carbons (Fsp3) is 0.300. The minimum Gasteiger partial charge on any atom is -0.494 e. The molecular formula is C20H19Cl2NO4. The van der Waals surface area contributed by atoms with Gasteiger partial charge in [0.25, 0.3) is 0 Å². The van der Waals surface area contributed by atoms with Crippen molar-refractivity contribution in [2.75, 3.05) is 6.61 Å². The zero-order valence-corrected chi connectivity index (χ0v) is 16.6. The van der Waals surface area contributed by atoms with Crippen LogP contribution in [-0.2, 0) is 6.54 Å². The van der Waals surface area contributed by atoms with E-state index in [4.69, 9.17) is 32.4 Å². The van der Waals surface area contributed by atoms with Gasteiger partial charge in [-0.25, -0.2) is 9.59 Å². The number of halogens is 2. The van der Waals surface area contributed by atoms with E-state index in [2.05, 4.69) is 6.07 Å². The zero-order chi connectivity index (χ0) is 19.6. The first-order valence-electron chi connectivity index (χ1n) is 8.59. The molecule has 0 aliphatic carbocycles. The Kier molecular flexibility index (Phi) is 5.92. The predicted molar refractivity (Wildman–Crippen MR) is 107 cm³/mol. The van der Waals surface area contributed by atoms with Gasteiger partial charge in [0.05, 0.1) is 22.5 Å². The molecular weight excluding hydrogens is 389 g/mol. The molecule has 0 aliphatic rings. The van der Waals surface area contributed by atoms with Crippen LogP contribution in [0.4, 0.5) is 0 Å². The summed E-state index contributed by atoms with van der Waals surface area (Å²) in [5.74, 6) is 0.102. The van der Waals surface area contributed by atoms with Crippen LogP contribution < -0.4 is 16.1 Å². The van der Waals surface area contributed by atoms with Crippen molar-refractivity contribution in [1.82, 2.24) is 4.57 Å². The number of hydrogen-bond donors (Lipinski definition) is 0. The fourth-order valence-corrected chi connectivity index (χ4v) is 3.65. The van der Waals surface area contributed by atoms with Gasteiger partial charge in [-0.15, -0.1) is 0 Å². The highest BCUT2D eigenvalue weighted by molar-refractivity contribution is 6.38. The van der Waals surface area contributed by atoms with Gasteiger partial charge in [0.2, 0.25) is 0 Å². The Bertz CT molecular complexity index is 1080. The van der Waals surface area contributed by atoms with Crippen molar-refractivity contribution in [3.05, 3.63) is 72.5 Å². The first kappa shape index (κ1) is 19.5. The van der Waals surface area contributed by atoms with E-state index >= 15 is 0 Å². The van der Waals surface area contributed by atoms with Gasteiger partial charge in [0.15, 0.2) is 0 Å². The van der Waals surface area contributed by atoms with E-state index < -0.39 is 11.4 Å². The maximum absolute atomic E-state index is 12.1. The molecule has 0 bridgehead atoms. The predicted octanol–water partition coefficient (Wildman–Crippen LogP) is 4.74. The van der Waals surface area contributed by atoms with Gasteiger partial charge in [-0.3, -0.25) is 4.57 Å². The largest absolute Gasteiger partial charge is 0.494 e. The lowest BCUT2D eigenvalue weighted by atomic mass is 10.1. The SMILES string of the molecule is Cc1cc(C)cc(OCCCCn2c(=O)oc(=O)c3cc(Cl)cc(Cl)c32)c1. The third-order valence-corrected chi connectivity index (χ3v) is 4.66. The molecule has 0 amide bonds. The minimum absolute atomic E-state index is 0.193. The number of rotatable bonds is 6. The van der Waals surface area contributed by atoms with Gasteiger partial charge in [0.1, 0.15) is 5.75 Å². The van der Waals surface area contributed by atoms with Crippen LogP contribution in [0, 0.1) is 13.8 Å². The summed E-state index contributed by atoms with van der Waals surface area (Å²) < 4.78 is 11.9. The van der Waals surface area contributed by atoms with Crippen molar-refractivity contribution in [3.8, 4) is 5.75 Å². The molecule has 27 heavy (non-hydrogen) atoms. The lowest BCUT2D eigenvalue weighted by Gasteiger charge is -2.11. The van der Waals surface area contributed by atoms with Crippen LogP contribution in [-0.4, -0.2) is 11.2 Å².